The fourth-order valence-electron chi connectivity index (χ4n) is 8.23. The summed E-state index contributed by atoms with van der Waals surface area (Å²) in [6.45, 7) is 0. The summed E-state index contributed by atoms with van der Waals surface area (Å²) in [4.78, 5) is 15.6. The lowest BCUT2D eigenvalue weighted by atomic mass is 9.93. The van der Waals surface area contributed by atoms with E-state index in [1.54, 1.807) is 0 Å². The molecule has 0 N–H and O–H groups in total. The normalized spacial score (nSPS) is 12.9. The molecule has 0 radical (unpaired) electrons. The molecule has 0 bridgehead atoms. The minimum absolute atomic E-state index is 0.582. The third-order valence-electron chi connectivity index (χ3n) is 10.9. The van der Waals surface area contributed by atoms with Gasteiger partial charge in [0.2, 0.25) is 5.95 Å². The summed E-state index contributed by atoms with van der Waals surface area (Å²) in [5.41, 5.74) is 11.1. The van der Waals surface area contributed by atoms with Crippen LogP contribution in [0.1, 0.15) is 18.4 Å². The molecular weight excluding hydrogens is 701 g/mol. The zero-order valence-corrected chi connectivity index (χ0v) is 31.2. The molecule has 0 unspecified atom stereocenters. The van der Waals surface area contributed by atoms with Crippen LogP contribution in [-0.2, 0) is 0 Å². The van der Waals surface area contributed by atoms with Crippen molar-refractivity contribution in [1.82, 2.24) is 19.5 Å². The van der Waals surface area contributed by atoms with Crippen molar-refractivity contribution in [1.29, 1.82) is 0 Å². The number of hydrogen-bond donors (Lipinski definition) is 0. The predicted molar refractivity (Wildman–Crippen MR) is 235 cm³/mol. The van der Waals surface area contributed by atoms with Crippen LogP contribution in [0.25, 0.3) is 98.5 Å². The van der Waals surface area contributed by atoms with E-state index in [1.807, 2.05) is 47.7 Å². The molecule has 0 amide bonds. The second kappa shape index (κ2) is 13.4. The van der Waals surface area contributed by atoms with Crippen LogP contribution >= 0.6 is 11.3 Å². The summed E-state index contributed by atoms with van der Waals surface area (Å²) in [6.07, 6.45) is 9.03. The number of aromatic nitrogens is 4. The Labute approximate surface area is 328 Å². The fraction of sp³-hybridized carbons (Fsp3) is 0.0392. The number of hydrogen-bond acceptors (Lipinski definition) is 4. The zero-order chi connectivity index (χ0) is 37.0. The molecule has 5 heteroatoms. The van der Waals surface area contributed by atoms with E-state index in [1.165, 1.54) is 42.4 Å². The summed E-state index contributed by atoms with van der Waals surface area (Å²) in [5, 5.41) is 4.90. The van der Waals surface area contributed by atoms with Gasteiger partial charge in [-0.3, -0.25) is 4.57 Å². The molecule has 4 nitrogen and oxygen atoms in total. The molecule has 11 rings (SSSR count). The molecule has 7 aromatic carbocycles. The molecule has 0 fully saturated rings. The van der Waals surface area contributed by atoms with Crippen LogP contribution in [0.5, 0.6) is 0 Å². The van der Waals surface area contributed by atoms with Crippen molar-refractivity contribution in [3.63, 3.8) is 0 Å². The van der Waals surface area contributed by atoms with Crippen LogP contribution in [0.15, 0.2) is 182 Å². The Morgan fingerprint density at radius 1 is 0.464 bits per heavy atom. The van der Waals surface area contributed by atoms with E-state index < -0.39 is 0 Å². The molecule has 10 aromatic rings. The second-order valence-electron chi connectivity index (χ2n) is 14.3. The molecule has 264 valence electrons. The lowest BCUT2D eigenvalue weighted by Crippen LogP contribution is -2.07. The quantitative estimate of drug-likeness (QED) is 0.171. The Morgan fingerprint density at radius 3 is 1.84 bits per heavy atom. The van der Waals surface area contributed by atoms with E-state index in [9.17, 15) is 0 Å². The van der Waals surface area contributed by atoms with Gasteiger partial charge in [0, 0.05) is 47.6 Å². The van der Waals surface area contributed by atoms with E-state index in [-0.39, 0.29) is 0 Å². The number of benzene rings is 7. The first-order valence-corrected chi connectivity index (χ1v) is 19.9. The van der Waals surface area contributed by atoms with Crippen molar-refractivity contribution in [2.45, 2.75) is 12.8 Å². The lowest BCUT2D eigenvalue weighted by Gasteiger charge is -2.15. The minimum atomic E-state index is 0.582. The van der Waals surface area contributed by atoms with Gasteiger partial charge in [0.15, 0.2) is 11.6 Å². The van der Waals surface area contributed by atoms with Crippen molar-refractivity contribution >= 4 is 58.9 Å². The Morgan fingerprint density at radius 2 is 1.12 bits per heavy atom. The van der Waals surface area contributed by atoms with Crippen molar-refractivity contribution in [3.05, 3.63) is 188 Å². The van der Waals surface area contributed by atoms with Gasteiger partial charge in [0.25, 0.3) is 0 Å². The van der Waals surface area contributed by atoms with Crippen molar-refractivity contribution in [3.8, 4) is 51.0 Å². The van der Waals surface area contributed by atoms with Gasteiger partial charge < -0.3 is 0 Å². The Bertz CT molecular complexity index is 3120. The van der Waals surface area contributed by atoms with Crippen LogP contribution in [0.3, 0.4) is 0 Å². The number of allylic oxidation sites excluding steroid dienone is 4. The first-order chi connectivity index (χ1) is 27.8. The molecule has 0 aliphatic heterocycles. The molecule has 0 atom stereocenters. The molecule has 0 saturated carbocycles. The average molecular weight is 735 g/mol. The maximum absolute atomic E-state index is 5.28. The Hall–Kier alpha value is -6.95. The summed E-state index contributed by atoms with van der Waals surface area (Å²) in [6, 6.07) is 58.2. The molecule has 0 spiro atoms. The van der Waals surface area contributed by atoms with Crippen LogP contribution in [0, 0.1) is 0 Å². The monoisotopic (exact) mass is 734 g/mol. The third-order valence-corrected chi connectivity index (χ3v) is 12.1. The molecule has 0 saturated heterocycles. The maximum Gasteiger partial charge on any atom is 0.238 e. The SMILES string of the molecule is C1=CC(c2cc(-c3ccccc3)c3c(c2)c2cc(-c4cccc5c4sc4ccccc45)ccc2n3-c2nc(-c3ccccc3)nc(-c3ccccc3)n2)=CCC1. The van der Waals surface area contributed by atoms with Gasteiger partial charge in [-0.2, -0.15) is 9.97 Å². The molecule has 56 heavy (non-hydrogen) atoms. The van der Waals surface area contributed by atoms with Gasteiger partial charge in [-0.25, -0.2) is 4.98 Å². The summed E-state index contributed by atoms with van der Waals surface area (Å²) < 4.78 is 4.88. The van der Waals surface area contributed by atoms with Crippen LogP contribution in [0.4, 0.5) is 0 Å². The highest BCUT2D eigenvalue weighted by Gasteiger charge is 2.23. The van der Waals surface area contributed by atoms with Crippen LogP contribution in [0.2, 0.25) is 0 Å². The molecule has 1 aliphatic carbocycles. The Balaban J connectivity index is 1.25. The third kappa shape index (κ3) is 5.47. The van der Waals surface area contributed by atoms with Gasteiger partial charge in [0.1, 0.15) is 0 Å². The van der Waals surface area contributed by atoms with Gasteiger partial charge in [-0.1, -0.05) is 152 Å². The van der Waals surface area contributed by atoms with Gasteiger partial charge >= 0.3 is 0 Å². The Kier molecular flexibility index (Phi) is 7.78. The van der Waals surface area contributed by atoms with Crippen LogP contribution in [-0.4, -0.2) is 19.5 Å². The van der Waals surface area contributed by atoms with E-state index >= 15 is 0 Å². The highest BCUT2D eigenvalue weighted by atomic mass is 32.1. The van der Waals surface area contributed by atoms with Crippen molar-refractivity contribution in [2.75, 3.05) is 0 Å². The number of nitrogens with zero attached hydrogens (tertiary/aromatic N) is 4. The minimum Gasteiger partial charge on any atom is -0.277 e. The summed E-state index contributed by atoms with van der Waals surface area (Å²) >= 11 is 1.87. The molecule has 1 aliphatic rings. The number of fused-ring (bicyclic) bond motifs is 6. The fourth-order valence-corrected chi connectivity index (χ4v) is 9.47. The molecule has 3 aromatic heterocycles. The standard InChI is InChI=1S/C51H34N4S/c1-5-16-33(17-6-1)38-31-42(34-18-7-2-8-19-34)47-44(32-38)43-30-37(39-25-15-26-41-40-24-13-14-27-46(40)56-48(39)41)28-29-45(43)55(47)51-53-49(35-20-9-3-10-21-35)52-50(54-51)36-22-11-4-12-23-36/h2-5,7-32H,1,6H2. The van der Waals surface area contributed by atoms with Gasteiger partial charge in [-0.15, -0.1) is 11.3 Å². The lowest BCUT2D eigenvalue weighted by molar-refractivity contribution is 0.954. The largest absolute Gasteiger partial charge is 0.277 e. The number of thiophene rings is 1. The first kappa shape index (κ1) is 32.5. The zero-order valence-electron chi connectivity index (χ0n) is 30.4. The highest BCUT2D eigenvalue weighted by Crippen LogP contribution is 2.44. The van der Waals surface area contributed by atoms with E-state index in [4.69, 9.17) is 15.0 Å². The summed E-state index contributed by atoms with van der Waals surface area (Å²) in [5.74, 6) is 1.85. The maximum atomic E-state index is 5.28. The van der Waals surface area contributed by atoms with Crippen molar-refractivity contribution in [2.24, 2.45) is 0 Å². The smallest absolute Gasteiger partial charge is 0.238 e. The van der Waals surface area contributed by atoms with E-state index in [0.29, 0.717) is 17.6 Å². The highest BCUT2D eigenvalue weighted by molar-refractivity contribution is 7.26. The van der Waals surface area contributed by atoms with Gasteiger partial charge in [0.05, 0.1) is 11.0 Å². The van der Waals surface area contributed by atoms with E-state index in [0.717, 1.165) is 56.9 Å². The molecular formula is C51H34N4S. The van der Waals surface area contributed by atoms with Crippen LogP contribution < -0.4 is 0 Å². The van der Waals surface area contributed by atoms with Crippen molar-refractivity contribution < 1.29 is 0 Å². The van der Waals surface area contributed by atoms with E-state index in [2.05, 4.69) is 150 Å². The average Bonchev–Trinajstić information content (AvgIpc) is 3.83. The second-order valence-corrected chi connectivity index (χ2v) is 15.3. The van der Waals surface area contributed by atoms with Gasteiger partial charge in [-0.05, 0) is 71.0 Å². The first-order valence-electron chi connectivity index (χ1n) is 19.1. The number of rotatable bonds is 6. The summed E-state index contributed by atoms with van der Waals surface area (Å²) in [7, 11) is 0. The predicted octanol–water partition coefficient (Wildman–Crippen LogP) is 13.7. The molecule has 3 heterocycles. The topological polar surface area (TPSA) is 43.6 Å².